The van der Waals surface area contributed by atoms with Crippen LogP contribution in [-0.4, -0.2) is 9.91 Å². The van der Waals surface area contributed by atoms with Crippen LogP contribution in [0.5, 0.6) is 11.6 Å². The van der Waals surface area contributed by atoms with Crippen molar-refractivity contribution in [3.05, 3.63) is 56.7 Å². The molecule has 0 aliphatic rings. The fraction of sp³-hybridized carbons (Fsp3) is 0.0769. The molecule has 0 fully saturated rings. The minimum atomic E-state index is -0.557. The minimum absolute atomic E-state index is 0.0647. The molecular formula is C13H8ClN3O3. The quantitative estimate of drug-likeness (QED) is 0.636. The summed E-state index contributed by atoms with van der Waals surface area (Å²) >= 11 is 5.93. The van der Waals surface area contributed by atoms with Gasteiger partial charge >= 0.3 is 0 Å². The summed E-state index contributed by atoms with van der Waals surface area (Å²) in [6, 6.07) is 8.97. The number of rotatable bonds is 3. The number of non-ortho nitro benzene ring substituents is 1. The third-order valence-corrected chi connectivity index (χ3v) is 2.76. The van der Waals surface area contributed by atoms with Crippen molar-refractivity contribution in [2.45, 2.75) is 6.92 Å². The first-order chi connectivity index (χ1) is 9.51. The Kier molecular flexibility index (Phi) is 3.82. The van der Waals surface area contributed by atoms with Gasteiger partial charge in [-0.15, -0.1) is 0 Å². The molecule has 1 heterocycles. The van der Waals surface area contributed by atoms with Crippen LogP contribution in [0.1, 0.15) is 11.3 Å². The molecular weight excluding hydrogens is 282 g/mol. The van der Waals surface area contributed by atoms with Crippen LogP contribution in [0.4, 0.5) is 5.69 Å². The van der Waals surface area contributed by atoms with Gasteiger partial charge in [0, 0.05) is 11.8 Å². The van der Waals surface area contributed by atoms with Gasteiger partial charge in [0.2, 0.25) is 5.88 Å². The van der Waals surface area contributed by atoms with Gasteiger partial charge in [0.1, 0.15) is 11.6 Å². The van der Waals surface area contributed by atoms with Gasteiger partial charge in [0.15, 0.2) is 5.75 Å². The first-order valence-electron chi connectivity index (χ1n) is 5.51. The van der Waals surface area contributed by atoms with Crippen molar-refractivity contribution in [2.75, 3.05) is 0 Å². The fourth-order valence-corrected chi connectivity index (χ4v) is 1.64. The Labute approximate surface area is 119 Å². The standard InChI is InChI=1S/C13H8ClN3O3/c1-8-2-3-9(7-15)13(16-8)20-12-6-10(17(18)19)4-5-11(12)14/h2-6H,1H3. The van der Waals surface area contributed by atoms with Crippen molar-refractivity contribution >= 4 is 17.3 Å². The largest absolute Gasteiger partial charge is 0.436 e. The van der Waals surface area contributed by atoms with Crippen LogP contribution < -0.4 is 4.74 Å². The summed E-state index contributed by atoms with van der Waals surface area (Å²) in [5.41, 5.74) is 0.717. The van der Waals surface area contributed by atoms with Crippen molar-refractivity contribution < 1.29 is 9.66 Å². The topological polar surface area (TPSA) is 89.0 Å². The number of benzene rings is 1. The molecule has 0 spiro atoms. The van der Waals surface area contributed by atoms with Crippen LogP contribution in [-0.2, 0) is 0 Å². The summed E-state index contributed by atoms with van der Waals surface area (Å²) in [4.78, 5) is 14.3. The minimum Gasteiger partial charge on any atom is -0.436 e. The number of aryl methyl sites for hydroxylation is 1. The van der Waals surface area contributed by atoms with E-state index in [-0.39, 0.29) is 27.9 Å². The van der Waals surface area contributed by atoms with E-state index in [1.54, 1.807) is 19.1 Å². The molecule has 100 valence electrons. The van der Waals surface area contributed by atoms with Gasteiger partial charge in [0.25, 0.3) is 5.69 Å². The van der Waals surface area contributed by atoms with E-state index in [1.165, 1.54) is 18.2 Å². The van der Waals surface area contributed by atoms with Gasteiger partial charge in [-0.3, -0.25) is 10.1 Å². The Morgan fingerprint density at radius 1 is 1.40 bits per heavy atom. The molecule has 0 saturated heterocycles. The summed E-state index contributed by atoms with van der Waals surface area (Å²) in [6.45, 7) is 1.74. The number of nitro benzene ring substituents is 1. The molecule has 0 saturated carbocycles. The molecule has 0 amide bonds. The molecule has 0 bridgehead atoms. The van der Waals surface area contributed by atoms with Crippen LogP contribution >= 0.6 is 11.6 Å². The van der Waals surface area contributed by atoms with Gasteiger partial charge in [-0.25, -0.2) is 4.98 Å². The second-order valence-corrected chi connectivity index (χ2v) is 4.30. The molecule has 20 heavy (non-hydrogen) atoms. The van der Waals surface area contributed by atoms with Gasteiger partial charge in [-0.1, -0.05) is 11.6 Å². The SMILES string of the molecule is Cc1ccc(C#N)c(Oc2cc([N+](=O)[O-])ccc2Cl)n1. The van der Waals surface area contributed by atoms with Gasteiger partial charge in [0.05, 0.1) is 16.0 Å². The molecule has 0 atom stereocenters. The Hall–Kier alpha value is -2.65. The number of halogens is 1. The van der Waals surface area contributed by atoms with Crippen molar-refractivity contribution in [1.82, 2.24) is 4.98 Å². The van der Waals surface area contributed by atoms with Crippen molar-refractivity contribution in [1.29, 1.82) is 5.26 Å². The lowest BCUT2D eigenvalue weighted by atomic mass is 10.2. The second-order valence-electron chi connectivity index (χ2n) is 3.89. The molecule has 0 radical (unpaired) electrons. The highest BCUT2D eigenvalue weighted by atomic mass is 35.5. The average molecular weight is 290 g/mol. The second kappa shape index (κ2) is 5.55. The molecule has 1 aromatic carbocycles. The first kappa shape index (κ1) is 13.8. The summed E-state index contributed by atoms with van der Waals surface area (Å²) in [6.07, 6.45) is 0. The van der Waals surface area contributed by atoms with E-state index < -0.39 is 4.92 Å². The first-order valence-corrected chi connectivity index (χ1v) is 5.88. The monoisotopic (exact) mass is 289 g/mol. The predicted octanol–water partition coefficient (Wildman–Crippen LogP) is 3.62. The van der Waals surface area contributed by atoms with E-state index in [0.29, 0.717) is 5.69 Å². The smallest absolute Gasteiger partial charge is 0.273 e. The zero-order chi connectivity index (χ0) is 14.7. The Bertz CT molecular complexity index is 725. The Morgan fingerprint density at radius 2 is 2.15 bits per heavy atom. The van der Waals surface area contributed by atoms with Crippen LogP contribution in [0.3, 0.4) is 0 Å². The average Bonchev–Trinajstić information content (AvgIpc) is 2.41. The van der Waals surface area contributed by atoms with Crippen molar-refractivity contribution in [3.8, 4) is 17.7 Å². The lowest BCUT2D eigenvalue weighted by molar-refractivity contribution is -0.384. The van der Waals surface area contributed by atoms with Crippen molar-refractivity contribution in [3.63, 3.8) is 0 Å². The molecule has 0 unspecified atom stereocenters. The Morgan fingerprint density at radius 3 is 2.80 bits per heavy atom. The molecule has 6 nitrogen and oxygen atoms in total. The van der Waals surface area contributed by atoms with Gasteiger partial charge in [-0.05, 0) is 25.1 Å². The number of ether oxygens (including phenoxy) is 1. The van der Waals surface area contributed by atoms with Gasteiger partial charge < -0.3 is 4.74 Å². The van der Waals surface area contributed by atoms with E-state index in [4.69, 9.17) is 21.6 Å². The lowest BCUT2D eigenvalue weighted by Gasteiger charge is -2.08. The third-order valence-electron chi connectivity index (χ3n) is 2.45. The maximum absolute atomic E-state index is 10.7. The van der Waals surface area contributed by atoms with E-state index >= 15 is 0 Å². The highest BCUT2D eigenvalue weighted by molar-refractivity contribution is 6.32. The van der Waals surface area contributed by atoms with E-state index in [1.807, 2.05) is 6.07 Å². The lowest BCUT2D eigenvalue weighted by Crippen LogP contribution is -1.95. The number of nitriles is 1. The van der Waals surface area contributed by atoms with Gasteiger partial charge in [-0.2, -0.15) is 5.26 Å². The number of nitrogens with zero attached hydrogens (tertiary/aromatic N) is 3. The van der Waals surface area contributed by atoms with Crippen LogP contribution in [0.15, 0.2) is 30.3 Å². The van der Waals surface area contributed by atoms with Crippen LogP contribution in [0.25, 0.3) is 0 Å². The molecule has 2 rings (SSSR count). The maximum atomic E-state index is 10.7. The van der Waals surface area contributed by atoms with Crippen molar-refractivity contribution in [2.24, 2.45) is 0 Å². The molecule has 7 heteroatoms. The summed E-state index contributed by atoms with van der Waals surface area (Å²) in [5.74, 6) is 0.144. The third kappa shape index (κ3) is 2.84. The van der Waals surface area contributed by atoms with E-state index in [9.17, 15) is 10.1 Å². The summed E-state index contributed by atoms with van der Waals surface area (Å²) < 4.78 is 5.43. The molecule has 0 N–H and O–H groups in total. The van der Waals surface area contributed by atoms with E-state index in [2.05, 4.69) is 4.98 Å². The predicted molar refractivity (Wildman–Crippen MR) is 71.9 cm³/mol. The molecule has 1 aromatic heterocycles. The zero-order valence-electron chi connectivity index (χ0n) is 10.3. The summed E-state index contributed by atoms with van der Waals surface area (Å²) in [7, 11) is 0. The number of hydrogen-bond acceptors (Lipinski definition) is 5. The maximum Gasteiger partial charge on any atom is 0.273 e. The number of pyridine rings is 1. The highest BCUT2D eigenvalue weighted by Crippen LogP contribution is 2.33. The van der Waals surface area contributed by atoms with Crippen LogP contribution in [0, 0.1) is 28.4 Å². The number of nitro groups is 1. The fourth-order valence-electron chi connectivity index (χ4n) is 1.48. The number of hydrogen-bond donors (Lipinski definition) is 0. The Balaban J connectivity index is 2.44. The normalized spacial score (nSPS) is 9.85. The van der Waals surface area contributed by atoms with E-state index in [0.717, 1.165) is 0 Å². The molecule has 0 aliphatic heterocycles. The van der Waals surface area contributed by atoms with Crippen LogP contribution in [0.2, 0.25) is 5.02 Å². The summed E-state index contributed by atoms with van der Waals surface area (Å²) in [5, 5.41) is 19.9. The number of aromatic nitrogens is 1. The molecule has 0 aliphatic carbocycles. The zero-order valence-corrected chi connectivity index (χ0v) is 11.1. The highest BCUT2D eigenvalue weighted by Gasteiger charge is 2.14. The molecule has 2 aromatic rings.